The van der Waals surface area contributed by atoms with Gasteiger partial charge in [0, 0.05) is 12.5 Å². The maximum Gasteiger partial charge on any atom is 0.129 e. The van der Waals surface area contributed by atoms with Gasteiger partial charge in [-0.15, -0.1) is 0 Å². The standard InChI is InChI=1S/C20H16F2/c21-18-13-17(11-15-7-3-1-4-8-15)19(20(22)14-18)12-16-9-5-2-6-10-16/h1-10,13-14H,11-12H2. The first-order chi connectivity index (χ1) is 10.7. The molecule has 0 N–H and O–H groups in total. The van der Waals surface area contributed by atoms with Gasteiger partial charge in [-0.3, -0.25) is 0 Å². The second-order valence-electron chi connectivity index (χ2n) is 5.35. The number of hydrogen-bond donors (Lipinski definition) is 0. The Morgan fingerprint density at radius 1 is 0.636 bits per heavy atom. The lowest BCUT2D eigenvalue weighted by molar-refractivity contribution is 0.571. The average Bonchev–Trinajstić information content (AvgIpc) is 2.53. The van der Waals surface area contributed by atoms with Gasteiger partial charge in [-0.2, -0.15) is 0 Å². The molecule has 0 bridgehead atoms. The molecule has 0 nitrogen and oxygen atoms in total. The van der Waals surface area contributed by atoms with Crippen molar-refractivity contribution >= 4 is 0 Å². The van der Waals surface area contributed by atoms with Gasteiger partial charge < -0.3 is 0 Å². The van der Waals surface area contributed by atoms with E-state index in [-0.39, 0.29) is 0 Å². The fraction of sp³-hybridized carbons (Fsp3) is 0.100. The van der Waals surface area contributed by atoms with Crippen molar-refractivity contribution in [2.75, 3.05) is 0 Å². The van der Waals surface area contributed by atoms with Crippen LogP contribution in [0.25, 0.3) is 0 Å². The van der Waals surface area contributed by atoms with Gasteiger partial charge in [-0.25, -0.2) is 8.78 Å². The van der Waals surface area contributed by atoms with Crippen LogP contribution in [0.4, 0.5) is 8.78 Å². The molecule has 0 aromatic heterocycles. The summed E-state index contributed by atoms with van der Waals surface area (Å²) in [6.45, 7) is 0. The predicted molar refractivity (Wildman–Crippen MR) is 84.9 cm³/mol. The lowest BCUT2D eigenvalue weighted by Gasteiger charge is -2.12. The van der Waals surface area contributed by atoms with Crippen LogP contribution in [0.2, 0.25) is 0 Å². The van der Waals surface area contributed by atoms with Gasteiger partial charge in [0.15, 0.2) is 0 Å². The van der Waals surface area contributed by atoms with Crippen LogP contribution < -0.4 is 0 Å². The Kier molecular flexibility index (Phi) is 4.29. The van der Waals surface area contributed by atoms with E-state index in [1.807, 2.05) is 60.7 Å². The smallest absolute Gasteiger partial charge is 0.129 e. The van der Waals surface area contributed by atoms with E-state index in [0.29, 0.717) is 24.0 Å². The molecule has 2 heteroatoms. The van der Waals surface area contributed by atoms with E-state index in [0.717, 1.165) is 17.2 Å². The van der Waals surface area contributed by atoms with Crippen LogP contribution in [0, 0.1) is 11.6 Å². The van der Waals surface area contributed by atoms with Gasteiger partial charge in [-0.1, -0.05) is 60.7 Å². The second-order valence-corrected chi connectivity index (χ2v) is 5.35. The van der Waals surface area contributed by atoms with E-state index in [9.17, 15) is 8.78 Å². The quantitative estimate of drug-likeness (QED) is 0.624. The van der Waals surface area contributed by atoms with Crippen molar-refractivity contribution in [2.24, 2.45) is 0 Å². The third-order valence-electron chi connectivity index (χ3n) is 3.71. The molecular weight excluding hydrogens is 278 g/mol. The maximum atomic E-state index is 14.3. The molecule has 3 aromatic carbocycles. The molecule has 0 aliphatic rings. The molecule has 0 atom stereocenters. The van der Waals surface area contributed by atoms with Gasteiger partial charge in [0.05, 0.1) is 0 Å². The van der Waals surface area contributed by atoms with Crippen molar-refractivity contribution in [3.63, 3.8) is 0 Å². The van der Waals surface area contributed by atoms with Crippen molar-refractivity contribution in [3.05, 3.63) is 107 Å². The first kappa shape index (κ1) is 14.5. The Morgan fingerprint density at radius 2 is 1.18 bits per heavy atom. The summed E-state index contributed by atoms with van der Waals surface area (Å²) in [5.74, 6) is -1.00. The Bertz CT molecular complexity index is 749. The number of hydrogen-bond acceptors (Lipinski definition) is 0. The summed E-state index contributed by atoms with van der Waals surface area (Å²) in [4.78, 5) is 0. The Hall–Kier alpha value is -2.48. The van der Waals surface area contributed by atoms with Crippen LogP contribution in [0.3, 0.4) is 0 Å². The molecule has 0 saturated heterocycles. The molecule has 3 rings (SSSR count). The molecule has 0 fully saturated rings. The van der Waals surface area contributed by atoms with Crippen molar-refractivity contribution in [1.29, 1.82) is 0 Å². The average molecular weight is 294 g/mol. The third-order valence-corrected chi connectivity index (χ3v) is 3.71. The molecular formula is C20H16F2. The first-order valence-electron chi connectivity index (χ1n) is 7.27. The zero-order chi connectivity index (χ0) is 15.4. The van der Waals surface area contributed by atoms with Crippen LogP contribution in [0.5, 0.6) is 0 Å². The molecule has 0 unspecified atom stereocenters. The van der Waals surface area contributed by atoms with Crippen LogP contribution >= 0.6 is 0 Å². The van der Waals surface area contributed by atoms with Crippen molar-refractivity contribution in [2.45, 2.75) is 12.8 Å². The van der Waals surface area contributed by atoms with E-state index in [1.165, 1.54) is 6.07 Å². The summed E-state index contributed by atoms with van der Waals surface area (Å²) in [5.41, 5.74) is 3.33. The summed E-state index contributed by atoms with van der Waals surface area (Å²) < 4.78 is 27.9. The fourth-order valence-corrected chi connectivity index (χ4v) is 2.63. The van der Waals surface area contributed by atoms with Crippen LogP contribution in [-0.4, -0.2) is 0 Å². The normalized spacial score (nSPS) is 10.6. The molecule has 0 radical (unpaired) electrons. The summed E-state index contributed by atoms with van der Waals surface area (Å²) in [6.07, 6.45) is 0.993. The molecule has 3 aromatic rings. The minimum atomic E-state index is -0.528. The highest BCUT2D eigenvalue weighted by molar-refractivity contribution is 5.37. The summed E-state index contributed by atoms with van der Waals surface area (Å²) >= 11 is 0. The fourth-order valence-electron chi connectivity index (χ4n) is 2.63. The van der Waals surface area contributed by atoms with Crippen molar-refractivity contribution < 1.29 is 8.78 Å². The van der Waals surface area contributed by atoms with Gasteiger partial charge in [0.25, 0.3) is 0 Å². The lowest BCUT2D eigenvalue weighted by Crippen LogP contribution is -2.02. The highest BCUT2D eigenvalue weighted by Crippen LogP contribution is 2.22. The van der Waals surface area contributed by atoms with E-state index >= 15 is 0 Å². The number of benzene rings is 3. The Balaban J connectivity index is 1.97. The zero-order valence-electron chi connectivity index (χ0n) is 12.1. The molecule has 110 valence electrons. The van der Waals surface area contributed by atoms with Gasteiger partial charge >= 0.3 is 0 Å². The van der Waals surface area contributed by atoms with Gasteiger partial charge in [-0.05, 0) is 34.7 Å². The molecule has 0 spiro atoms. The molecule has 0 amide bonds. The highest BCUT2D eigenvalue weighted by Gasteiger charge is 2.12. The minimum absolute atomic E-state index is 0.467. The molecule has 22 heavy (non-hydrogen) atoms. The van der Waals surface area contributed by atoms with E-state index in [1.54, 1.807) is 0 Å². The lowest BCUT2D eigenvalue weighted by atomic mass is 9.94. The van der Waals surface area contributed by atoms with Crippen LogP contribution in [-0.2, 0) is 12.8 Å². The maximum absolute atomic E-state index is 14.3. The molecule has 0 aliphatic carbocycles. The first-order valence-corrected chi connectivity index (χ1v) is 7.27. The number of halogens is 2. The molecule has 0 saturated carbocycles. The predicted octanol–water partition coefficient (Wildman–Crippen LogP) is 5.15. The van der Waals surface area contributed by atoms with Gasteiger partial charge in [0.2, 0.25) is 0 Å². The largest absolute Gasteiger partial charge is 0.207 e. The van der Waals surface area contributed by atoms with Crippen LogP contribution in [0.1, 0.15) is 22.3 Å². The molecule has 0 aliphatic heterocycles. The SMILES string of the molecule is Fc1cc(F)c(Cc2ccccc2)c(Cc2ccccc2)c1. The van der Waals surface area contributed by atoms with E-state index in [4.69, 9.17) is 0 Å². The Labute approximate surface area is 129 Å². The van der Waals surface area contributed by atoms with Crippen LogP contribution in [0.15, 0.2) is 72.8 Å². The van der Waals surface area contributed by atoms with E-state index in [2.05, 4.69) is 0 Å². The third kappa shape index (κ3) is 3.40. The van der Waals surface area contributed by atoms with Crippen molar-refractivity contribution in [3.8, 4) is 0 Å². The summed E-state index contributed by atoms with van der Waals surface area (Å²) in [7, 11) is 0. The number of rotatable bonds is 4. The minimum Gasteiger partial charge on any atom is -0.207 e. The van der Waals surface area contributed by atoms with E-state index < -0.39 is 11.6 Å². The van der Waals surface area contributed by atoms with Gasteiger partial charge in [0.1, 0.15) is 11.6 Å². The second kappa shape index (κ2) is 6.52. The van der Waals surface area contributed by atoms with Crippen molar-refractivity contribution in [1.82, 2.24) is 0 Å². The monoisotopic (exact) mass is 294 g/mol. The zero-order valence-corrected chi connectivity index (χ0v) is 12.1. The Morgan fingerprint density at radius 3 is 1.77 bits per heavy atom. The summed E-state index contributed by atoms with van der Waals surface area (Å²) in [5, 5.41) is 0. The highest BCUT2D eigenvalue weighted by atomic mass is 19.1. The topological polar surface area (TPSA) is 0 Å². The molecule has 0 heterocycles. The summed E-state index contributed by atoms with van der Waals surface area (Å²) in [6, 6.07) is 21.8.